The largest absolute Gasteiger partial charge is 0.302 e. The first-order valence-electron chi connectivity index (χ1n) is 6.57. The summed E-state index contributed by atoms with van der Waals surface area (Å²) in [4.78, 5) is 12.7. The lowest BCUT2D eigenvalue weighted by molar-refractivity contribution is -0.109. The molecule has 1 N–H and O–H groups in total. The lowest BCUT2D eigenvalue weighted by Crippen LogP contribution is -2.34. The van der Waals surface area contributed by atoms with Crippen LogP contribution in [0.1, 0.15) is 24.5 Å². The number of aromatic nitrogens is 2. The zero-order valence-electron chi connectivity index (χ0n) is 10.6. The number of aldehydes is 1. The molecule has 1 aromatic heterocycles. The number of aromatic amines is 1. The molecule has 0 aliphatic carbocycles. The predicted molar refractivity (Wildman–Crippen MR) is 70.5 cm³/mol. The Morgan fingerprint density at radius 3 is 2.95 bits per heavy atom. The van der Waals surface area contributed by atoms with Gasteiger partial charge in [-0.15, -0.1) is 0 Å². The van der Waals surface area contributed by atoms with E-state index in [2.05, 4.69) is 15.1 Å². The van der Waals surface area contributed by atoms with Crippen LogP contribution in [0.15, 0.2) is 18.2 Å². The number of likely N-dealkylation sites (tertiary alicyclic amines) is 1. The number of nitrogens with zero attached hydrogens (tertiary/aromatic N) is 2. The van der Waals surface area contributed by atoms with Crippen molar-refractivity contribution in [1.29, 1.82) is 0 Å². The monoisotopic (exact) mass is 261 g/mol. The van der Waals surface area contributed by atoms with Crippen LogP contribution in [0.5, 0.6) is 0 Å². The number of nitrogens with one attached hydrogen (secondary N) is 1. The molecule has 5 heteroatoms. The van der Waals surface area contributed by atoms with Crippen molar-refractivity contribution in [3.8, 4) is 0 Å². The summed E-state index contributed by atoms with van der Waals surface area (Å²) >= 11 is 0. The molecule has 100 valence electrons. The Morgan fingerprint density at radius 1 is 1.42 bits per heavy atom. The number of piperidine rings is 1. The zero-order valence-corrected chi connectivity index (χ0v) is 10.6. The quantitative estimate of drug-likeness (QED) is 0.861. The third-order valence-corrected chi connectivity index (χ3v) is 3.88. The summed E-state index contributed by atoms with van der Waals surface area (Å²) in [7, 11) is 0. The third-order valence-electron chi connectivity index (χ3n) is 3.88. The average Bonchev–Trinajstić information content (AvgIpc) is 2.83. The fourth-order valence-electron chi connectivity index (χ4n) is 2.83. The van der Waals surface area contributed by atoms with Crippen LogP contribution < -0.4 is 0 Å². The molecular weight excluding hydrogens is 245 g/mol. The van der Waals surface area contributed by atoms with E-state index < -0.39 is 0 Å². The summed E-state index contributed by atoms with van der Waals surface area (Å²) in [6.07, 6.45) is 2.96. The van der Waals surface area contributed by atoms with Crippen molar-refractivity contribution in [2.24, 2.45) is 0 Å². The van der Waals surface area contributed by atoms with Crippen LogP contribution in [0.25, 0.3) is 10.9 Å². The van der Waals surface area contributed by atoms with Gasteiger partial charge >= 0.3 is 0 Å². The minimum atomic E-state index is -0.258. The van der Waals surface area contributed by atoms with Gasteiger partial charge in [0.1, 0.15) is 12.1 Å². The van der Waals surface area contributed by atoms with Crippen LogP contribution in [0.3, 0.4) is 0 Å². The second-order valence-corrected chi connectivity index (χ2v) is 5.04. The number of benzene rings is 1. The van der Waals surface area contributed by atoms with E-state index >= 15 is 0 Å². The molecule has 2 heterocycles. The summed E-state index contributed by atoms with van der Waals surface area (Å²) in [5.41, 5.74) is 1.78. The molecule has 1 aliphatic rings. The zero-order chi connectivity index (χ0) is 13.2. The number of hydrogen-bond acceptors (Lipinski definition) is 3. The van der Waals surface area contributed by atoms with E-state index in [0.717, 1.165) is 43.3 Å². The van der Waals surface area contributed by atoms with Crippen LogP contribution >= 0.6 is 0 Å². The van der Waals surface area contributed by atoms with Crippen molar-refractivity contribution in [3.63, 3.8) is 0 Å². The van der Waals surface area contributed by atoms with Crippen molar-refractivity contribution < 1.29 is 9.18 Å². The van der Waals surface area contributed by atoms with Gasteiger partial charge in [0.15, 0.2) is 0 Å². The fourth-order valence-corrected chi connectivity index (χ4v) is 2.83. The molecule has 3 rings (SSSR count). The molecule has 0 bridgehead atoms. The normalized spacial score (nSPS) is 17.9. The Morgan fingerprint density at radius 2 is 2.21 bits per heavy atom. The summed E-state index contributed by atoms with van der Waals surface area (Å²) in [6, 6.07) is 4.72. The van der Waals surface area contributed by atoms with Crippen LogP contribution in [0.4, 0.5) is 4.39 Å². The number of halogens is 1. The highest BCUT2D eigenvalue weighted by molar-refractivity contribution is 5.81. The first kappa shape index (κ1) is 12.3. The standard InChI is InChI=1S/C14H16FN3O/c15-11-1-2-12-13(9-11)16-17-14(12)10-3-5-18(6-4-10)7-8-19/h1-2,8-10H,3-7H2,(H,16,17). The number of carbonyl (C=O) groups is 1. The van der Waals surface area contributed by atoms with Crippen LogP contribution in [0, 0.1) is 5.82 Å². The maximum Gasteiger partial charge on any atom is 0.133 e. The van der Waals surface area contributed by atoms with E-state index in [1.807, 2.05) is 0 Å². The lowest BCUT2D eigenvalue weighted by Gasteiger charge is -2.30. The molecule has 1 fully saturated rings. The Bertz CT molecular complexity index is 587. The van der Waals surface area contributed by atoms with Crippen molar-refractivity contribution >= 4 is 17.2 Å². The lowest BCUT2D eigenvalue weighted by atomic mass is 9.91. The molecule has 4 nitrogen and oxygen atoms in total. The molecule has 0 atom stereocenters. The second kappa shape index (κ2) is 5.09. The maximum atomic E-state index is 13.1. The molecule has 0 unspecified atom stereocenters. The predicted octanol–water partition coefficient (Wildman–Crippen LogP) is 2.08. The minimum Gasteiger partial charge on any atom is -0.302 e. The van der Waals surface area contributed by atoms with Gasteiger partial charge in [-0.3, -0.25) is 10.00 Å². The van der Waals surface area contributed by atoms with Gasteiger partial charge in [-0.1, -0.05) is 0 Å². The van der Waals surface area contributed by atoms with Gasteiger partial charge in [-0.05, 0) is 38.1 Å². The summed E-state index contributed by atoms with van der Waals surface area (Å²) in [6.45, 7) is 2.36. The first-order chi connectivity index (χ1) is 9.28. The highest BCUT2D eigenvalue weighted by atomic mass is 19.1. The third kappa shape index (κ3) is 2.38. The van der Waals surface area contributed by atoms with Gasteiger partial charge < -0.3 is 4.79 Å². The van der Waals surface area contributed by atoms with Gasteiger partial charge in [0.05, 0.1) is 12.1 Å². The molecule has 19 heavy (non-hydrogen) atoms. The van der Waals surface area contributed by atoms with Crippen LogP contribution in [-0.4, -0.2) is 41.0 Å². The first-order valence-corrected chi connectivity index (χ1v) is 6.57. The van der Waals surface area contributed by atoms with Gasteiger partial charge in [0, 0.05) is 23.1 Å². The number of H-pyrrole nitrogens is 1. The number of carbonyl (C=O) groups excluding carboxylic acids is 1. The molecule has 2 aromatic rings. The highest BCUT2D eigenvalue weighted by Gasteiger charge is 2.23. The molecule has 1 aliphatic heterocycles. The fraction of sp³-hybridized carbons (Fsp3) is 0.429. The van der Waals surface area contributed by atoms with Crippen molar-refractivity contribution in [1.82, 2.24) is 15.1 Å². The molecule has 1 aromatic carbocycles. The van der Waals surface area contributed by atoms with E-state index in [0.29, 0.717) is 18.0 Å². The van der Waals surface area contributed by atoms with E-state index in [-0.39, 0.29) is 5.82 Å². The summed E-state index contributed by atoms with van der Waals surface area (Å²) in [5, 5.41) is 8.24. The summed E-state index contributed by atoms with van der Waals surface area (Å²) in [5.74, 6) is 0.157. The number of hydrogen-bond donors (Lipinski definition) is 1. The van der Waals surface area contributed by atoms with E-state index in [1.165, 1.54) is 12.1 Å². The average molecular weight is 261 g/mol. The van der Waals surface area contributed by atoms with E-state index in [4.69, 9.17) is 0 Å². The van der Waals surface area contributed by atoms with E-state index in [9.17, 15) is 9.18 Å². The Balaban J connectivity index is 1.80. The molecular formula is C14H16FN3O. The second-order valence-electron chi connectivity index (χ2n) is 5.04. The smallest absolute Gasteiger partial charge is 0.133 e. The maximum absolute atomic E-state index is 13.1. The SMILES string of the molecule is O=CCN1CCC(c2[nH]nc3cc(F)ccc23)CC1. The highest BCUT2D eigenvalue weighted by Crippen LogP contribution is 2.31. The molecule has 1 saturated heterocycles. The minimum absolute atomic E-state index is 0.258. The van der Waals surface area contributed by atoms with Gasteiger partial charge in [0.25, 0.3) is 0 Å². The summed E-state index contributed by atoms with van der Waals surface area (Å²) < 4.78 is 13.1. The van der Waals surface area contributed by atoms with E-state index in [1.54, 1.807) is 6.07 Å². The number of rotatable bonds is 3. The Labute approximate surface area is 110 Å². The van der Waals surface area contributed by atoms with Gasteiger partial charge in [-0.25, -0.2) is 4.39 Å². The van der Waals surface area contributed by atoms with Crippen molar-refractivity contribution in [2.45, 2.75) is 18.8 Å². The van der Waals surface area contributed by atoms with Crippen LogP contribution in [-0.2, 0) is 4.79 Å². The Hall–Kier alpha value is -1.75. The number of fused-ring (bicyclic) bond motifs is 1. The van der Waals surface area contributed by atoms with Crippen molar-refractivity contribution in [2.75, 3.05) is 19.6 Å². The van der Waals surface area contributed by atoms with Gasteiger partial charge in [0.2, 0.25) is 0 Å². The Kier molecular flexibility index (Phi) is 3.29. The van der Waals surface area contributed by atoms with Gasteiger partial charge in [-0.2, -0.15) is 5.10 Å². The molecule has 0 spiro atoms. The van der Waals surface area contributed by atoms with Crippen LogP contribution in [0.2, 0.25) is 0 Å². The van der Waals surface area contributed by atoms with Crippen molar-refractivity contribution in [3.05, 3.63) is 29.7 Å². The topological polar surface area (TPSA) is 49.0 Å². The molecule has 0 saturated carbocycles. The molecule has 0 amide bonds. The molecule has 0 radical (unpaired) electrons.